The zero-order chi connectivity index (χ0) is 69.1. The summed E-state index contributed by atoms with van der Waals surface area (Å²) in [5, 5.41) is 3.80. The quantitative estimate of drug-likeness (QED) is 0.0268. The van der Waals surface area contributed by atoms with Gasteiger partial charge in [-0.05, 0) is 140 Å². The number of carbonyl (C=O) groups excluding carboxylic acids is 4. The molecule has 0 radical (unpaired) electrons. The van der Waals surface area contributed by atoms with E-state index in [4.69, 9.17) is 28.4 Å². The van der Waals surface area contributed by atoms with E-state index in [1.54, 1.807) is 0 Å². The zero-order valence-electron chi connectivity index (χ0n) is 64.2. The number of unbranched alkanes of at least 4 members (excludes halogenated alkanes) is 33. The van der Waals surface area contributed by atoms with E-state index >= 15 is 0 Å². The number of nitrogens with one attached hydrogen (secondary N) is 1. The summed E-state index contributed by atoms with van der Waals surface area (Å²) in [5.74, 6) is 1.41. The third-order valence-corrected chi connectivity index (χ3v) is 19.7. The van der Waals surface area contributed by atoms with E-state index in [0.717, 1.165) is 135 Å². The molecule has 0 saturated carbocycles. The number of rotatable bonds is 81. The fraction of sp³-hybridized carbons (Fsp3) is 0.952. The largest absolute Gasteiger partial charge is 0.465 e. The molecule has 95 heavy (non-hydrogen) atoms. The molecule has 564 valence electrons. The monoisotopic (exact) mass is 1350 g/mol. The van der Waals surface area contributed by atoms with Gasteiger partial charge in [-0.3, -0.25) is 14.4 Å². The number of aldehydes is 1. The molecule has 0 aliphatic carbocycles. The summed E-state index contributed by atoms with van der Waals surface area (Å²) in [4.78, 5) is 52.2. The Labute approximate surface area is 589 Å². The van der Waals surface area contributed by atoms with Crippen molar-refractivity contribution in [3.05, 3.63) is 0 Å². The Bertz CT molecular complexity index is 1510. The second-order valence-electron chi connectivity index (χ2n) is 28.9. The van der Waals surface area contributed by atoms with Crippen LogP contribution in [0.25, 0.3) is 0 Å². The van der Waals surface area contributed by atoms with Gasteiger partial charge in [-0.15, -0.1) is 0 Å². The lowest BCUT2D eigenvalue weighted by molar-refractivity contribution is -0.146. The van der Waals surface area contributed by atoms with E-state index in [1.807, 2.05) is 0 Å². The molecule has 0 heterocycles. The highest BCUT2D eigenvalue weighted by Crippen LogP contribution is 2.24. The first-order chi connectivity index (χ1) is 46.8. The summed E-state index contributed by atoms with van der Waals surface area (Å²) >= 11 is 0. The molecular formula is C83H162N2O10. The fourth-order valence-electron chi connectivity index (χ4n) is 13.3. The Kier molecular flexibility index (Phi) is 75.9. The van der Waals surface area contributed by atoms with Gasteiger partial charge in [0.2, 0.25) is 0 Å². The van der Waals surface area contributed by atoms with E-state index < -0.39 is 0 Å². The van der Waals surface area contributed by atoms with Gasteiger partial charge < -0.3 is 43.4 Å². The highest BCUT2D eigenvalue weighted by Gasteiger charge is 2.17. The molecule has 0 fully saturated rings. The van der Waals surface area contributed by atoms with Gasteiger partial charge in [0.25, 0.3) is 0 Å². The third-order valence-electron chi connectivity index (χ3n) is 19.7. The molecule has 4 unspecified atom stereocenters. The van der Waals surface area contributed by atoms with E-state index in [-0.39, 0.29) is 17.9 Å². The molecule has 0 rings (SSSR count). The Morgan fingerprint density at radius 1 is 0.305 bits per heavy atom. The molecule has 4 atom stereocenters. The van der Waals surface area contributed by atoms with Crippen LogP contribution in [0, 0.1) is 17.8 Å². The van der Waals surface area contributed by atoms with E-state index in [9.17, 15) is 19.2 Å². The van der Waals surface area contributed by atoms with E-state index in [0.29, 0.717) is 109 Å². The van der Waals surface area contributed by atoms with Crippen LogP contribution in [-0.2, 0) is 47.6 Å². The first-order valence-corrected chi connectivity index (χ1v) is 41.9. The minimum atomic E-state index is -0.0276. The average Bonchev–Trinajstić information content (AvgIpc) is 3.76. The van der Waals surface area contributed by atoms with Gasteiger partial charge in [0.05, 0.1) is 46.2 Å². The summed E-state index contributed by atoms with van der Waals surface area (Å²) < 4.78 is 35.6. The van der Waals surface area contributed by atoms with Crippen molar-refractivity contribution in [1.29, 1.82) is 0 Å². The van der Waals surface area contributed by atoms with Crippen LogP contribution in [0.4, 0.5) is 0 Å². The lowest BCUT2D eigenvalue weighted by Gasteiger charge is -2.22. The van der Waals surface area contributed by atoms with Crippen molar-refractivity contribution in [1.82, 2.24) is 10.2 Å². The van der Waals surface area contributed by atoms with Crippen molar-refractivity contribution in [2.75, 3.05) is 85.6 Å². The zero-order valence-corrected chi connectivity index (χ0v) is 64.2. The molecule has 0 aromatic heterocycles. The van der Waals surface area contributed by atoms with E-state index in [2.05, 4.69) is 51.8 Å². The molecule has 12 nitrogen and oxygen atoms in total. The van der Waals surface area contributed by atoms with Crippen LogP contribution >= 0.6 is 0 Å². The molecule has 12 heteroatoms. The predicted octanol–water partition coefficient (Wildman–Crippen LogP) is 22.9. The SMILES string of the molecule is CCCCCCCCC(CCCCCC)COC(=O)CCCCCC(CCCCCC=O)NCCCOCCOCCOCCCN(CCCCCC(=O)OCC(CCCCCC)CCCCCCCC)CCCCCC(=O)OCC(CCCCCC)CCCCCCCC. The maximum atomic E-state index is 13.0. The van der Waals surface area contributed by atoms with Crippen LogP contribution in [0.15, 0.2) is 0 Å². The van der Waals surface area contributed by atoms with E-state index in [1.165, 1.54) is 231 Å². The van der Waals surface area contributed by atoms with Gasteiger partial charge in [-0.25, -0.2) is 0 Å². The summed E-state index contributed by atoms with van der Waals surface area (Å²) in [6.07, 6.45) is 65.0. The Morgan fingerprint density at radius 3 is 0.937 bits per heavy atom. The standard InChI is InChI=1S/C83H162N2O10/c1-7-13-19-25-28-39-55-77(52-36-22-16-10-4)74-93-81(87)60-44-33-43-59-80(58-42-31-32-49-67-86)84-63-50-68-90-70-72-92-73-71-91-69-51-66-85(64-47-34-45-61-82(88)94-75-78(53-37-23-17-11-5)56-40-29-26-20-14-8-2)65-48-35-46-62-83(89)95-76-79(54-38-24-18-12-6)57-41-30-27-21-15-9-3/h67,77-80,84H,7-66,68-76H2,1-6H3. The molecule has 0 aliphatic heterocycles. The number of hydrogen-bond donors (Lipinski definition) is 1. The molecular weight excluding hydrogens is 1180 g/mol. The minimum absolute atomic E-state index is 0.0228. The van der Waals surface area contributed by atoms with Crippen molar-refractivity contribution in [2.24, 2.45) is 17.8 Å². The minimum Gasteiger partial charge on any atom is -0.465 e. The Morgan fingerprint density at radius 2 is 0.579 bits per heavy atom. The van der Waals surface area contributed by atoms with Crippen LogP contribution in [0.3, 0.4) is 0 Å². The number of nitrogens with zero attached hydrogens (tertiary/aromatic N) is 1. The van der Waals surface area contributed by atoms with Crippen molar-refractivity contribution in [3.8, 4) is 0 Å². The first-order valence-electron chi connectivity index (χ1n) is 41.9. The average molecular weight is 1350 g/mol. The Hall–Kier alpha value is -2.12. The van der Waals surface area contributed by atoms with Gasteiger partial charge in [-0.2, -0.15) is 0 Å². The van der Waals surface area contributed by atoms with Crippen molar-refractivity contribution in [2.45, 2.75) is 407 Å². The second-order valence-corrected chi connectivity index (χ2v) is 28.9. The maximum Gasteiger partial charge on any atom is 0.305 e. The molecule has 0 aliphatic rings. The number of ether oxygens (including phenoxy) is 6. The molecule has 0 aromatic rings. The first kappa shape index (κ1) is 92.9. The number of carbonyl (C=O) groups is 4. The molecule has 0 aromatic carbocycles. The van der Waals surface area contributed by atoms with Crippen molar-refractivity contribution in [3.63, 3.8) is 0 Å². The van der Waals surface area contributed by atoms with Crippen LogP contribution in [-0.4, -0.2) is 121 Å². The number of hydrogen-bond acceptors (Lipinski definition) is 12. The molecule has 0 spiro atoms. The lowest BCUT2D eigenvalue weighted by Crippen LogP contribution is -2.30. The van der Waals surface area contributed by atoms with Crippen LogP contribution < -0.4 is 5.32 Å². The Balaban J connectivity index is 4.91. The maximum absolute atomic E-state index is 13.0. The normalized spacial score (nSPS) is 13.0. The summed E-state index contributed by atoms with van der Waals surface area (Å²) in [6.45, 7) is 22.8. The van der Waals surface area contributed by atoms with Gasteiger partial charge in [-0.1, -0.05) is 273 Å². The highest BCUT2D eigenvalue weighted by molar-refractivity contribution is 5.70. The highest BCUT2D eigenvalue weighted by atomic mass is 16.5. The molecule has 0 bridgehead atoms. The van der Waals surface area contributed by atoms with Crippen LogP contribution in [0.2, 0.25) is 0 Å². The van der Waals surface area contributed by atoms with Crippen molar-refractivity contribution >= 4 is 24.2 Å². The molecule has 1 N–H and O–H groups in total. The topological polar surface area (TPSA) is 139 Å². The van der Waals surface area contributed by atoms with Crippen molar-refractivity contribution < 1.29 is 47.6 Å². The van der Waals surface area contributed by atoms with Gasteiger partial charge in [0.1, 0.15) is 6.29 Å². The second kappa shape index (κ2) is 77.6. The smallest absolute Gasteiger partial charge is 0.305 e. The predicted molar refractivity (Wildman–Crippen MR) is 403 cm³/mol. The van der Waals surface area contributed by atoms with Crippen LogP contribution in [0.1, 0.15) is 401 Å². The third kappa shape index (κ3) is 70.1. The summed E-state index contributed by atoms with van der Waals surface area (Å²) in [5.41, 5.74) is 0. The molecule has 0 saturated heterocycles. The van der Waals surface area contributed by atoms with Crippen LogP contribution in [0.5, 0.6) is 0 Å². The molecule has 0 amide bonds. The lowest BCUT2D eigenvalue weighted by atomic mass is 9.95. The van der Waals surface area contributed by atoms with Gasteiger partial charge >= 0.3 is 17.9 Å². The summed E-state index contributed by atoms with van der Waals surface area (Å²) in [7, 11) is 0. The number of esters is 3. The van der Waals surface area contributed by atoms with Gasteiger partial charge in [0.15, 0.2) is 0 Å². The fourth-order valence-corrected chi connectivity index (χ4v) is 13.3. The van der Waals surface area contributed by atoms with Gasteiger partial charge in [0, 0.05) is 51.5 Å². The summed E-state index contributed by atoms with van der Waals surface area (Å²) in [6, 6.07) is 0.433.